The number of rotatable bonds is 4. The smallest absolute Gasteiger partial charge is 0.339 e. The van der Waals surface area contributed by atoms with Gasteiger partial charge in [-0.2, -0.15) is 0 Å². The predicted octanol–water partition coefficient (Wildman–Crippen LogP) is 2.06. The van der Waals surface area contributed by atoms with Crippen molar-refractivity contribution >= 4 is 29.0 Å². The molecule has 0 unspecified atom stereocenters. The molecule has 0 aliphatic carbocycles. The number of hydrogen-bond donors (Lipinski definition) is 1. The number of aliphatic imine (C=N–C) groups is 1. The molecule has 1 heterocycles. The maximum Gasteiger partial charge on any atom is 0.339 e. The van der Waals surface area contributed by atoms with Gasteiger partial charge < -0.3 is 5.11 Å². The van der Waals surface area contributed by atoms with E-state index < -0.39 is 10.9 Å². The number of carbonyl (C=O) groups excluding carboxylic acids is 1. The van der Waals surface area contributed by atoms with Crippen LogP contribution in [0.2, 0.25) is 0 Å². The lowest BCUT2D eigenvalue weighted by Crippen LogP contribution is -2.35. The van der Waals surface area contributed by atoms with Crippen molar-refractivity contribution in [1.82, 2.24) is 4.90 Å². The van der Waals surface area contributed by atoms with Crippen LogP contribution in [0.15, 0.2) is 34.8 Å². The van der Waals surface area contributed by atoms with Crippen molar-refractivity contribution < 1.29 is 19.6 Å². The van der Waals surface area contributed by atoms with Gasteiger partial charge in [0, 0.05) is 24.1 Å². The summed E-state index contributed by atoms with van der Waals surface area (Å²) in [5.74, 6) is -1.54. The van der Waals surface area contributed by atoms with E-state index in [9.17, 15) is 24.8 Å². The summed E-state index contributed by atoms with van der Waals surface area (Å²) in [5, 5.41) is 20.4. The van der Waals surface area contributed by atoms with Crippen LogP contribution in [0.1, 0.15) is 25.8 Å². The Morgan fingerprint density at radius 2 is 2.13 bits per heavy atom. The Morgan fingerprint density at radius 3 is 2.70 bits per heavy atom. The molecule has 8 heteroatoms. The highest BCUT2D eigenvalue weighted by Gasteiger charge is 2.30. The summed E-state index contributed by atoms with van der Waals surface area (Å²) in [7, 11) is 0. The third kappa shape index (κ3) is 3.10. The van der Waals surface area contributed by atoms with E-state index in [-0.39, 0.29) is 41.7 Å². The van der Waals surface area contributed by atoms with Crippen LogP contribution in [0.5, 0.6) is 0 Å². The molecule has 1 amide bonds. The largest absolute Gasteiger partial charge is 0.478 e. The molecule has 0 saturated heterocycles. The second-order valence-corrected chi connectivity index (χ2v) is 4.90. The molecule has 1 aromatic rings. The Labute approximate surface area is 131 Å². The van der Waals surface area contributed by atoms with Crippen LogP contribution in [-0.4, -0.2) is 39.2 Å². The van der Waals surface area contributed by atoms with Crippen LogP contribution in [-0.2, 0) is 9.59 Å². The molecule has 1 aromatic carbocycles. The van der Waals surface area contributed by atoms with Gasteiger partial charge in [0.05, 0.1) is 16.3 Å². The fraction of sp³-hybridized carbons (Fsp3) is 0.267. The van der Waals surface area contributed by atoms with Crippen LogP contribution in [0.3, 0.4) is 0 Å². The van der Waals surface area contributed by atoms with Gasteiger partial charge in [-0.25, -0.2) is 4.79 Å². The number of carboxylic acid groups (broad SMARTS) is 1. The van der Waals surface area contributed by atoms with Gasteiger partial charge in [0.2, 0.25) is 5.91 Å². The first-order valence-corrected chi connectivity index (χ1v) is 6.91. The van der Waals surface area contributed by atoms with E-state index in [2.05, 4.69) is 4.99 Å². The molecule has 1 N–H and O–H groups in total. The average molecular weight is 317 g/mol. The molecule has 0 spiro atoms. The number of carbonyl (C=O) groups is 2. The number of benzene rings is 1. The lowest BCUT2D eigenvalue weighted by atomic mass is 9.99. The van der Waals surface area contributed by atoms with Crippen LogP contribution in [0.25, 0.3) is 5.70 Å². The molecule has 8 nitrogen and oxygen atoms in total. The van der Waals surface area contributed by atoms with Crippen molar-refractivity contribution in [2.45, 2.75) is 20.3 Å². The monoisotopic (exact) mass is 317 g/mol. The summed E-state index contributed by atoms with van der Waals surface area (Å²) in [5.41, 5.74) is 0.412. The second kappa shape index (κ2) is 6.39. The summed E-state index contributed by atoms with van der Waals surface area (Å²) < 4.78 is 0. The Morgan fingerprint density at radius 1 is 1.43 bits per heavy atom. The standard InChI is InChI=1S/C15H15N3O5/c1-3-12(19)17-8-16-9(2)13(15(20)21)14(17)10-5-4-6-11(7-10)18(22)23/h4-7H,3,8H2,1-2H3,(H,20,21). The zero-order chi connectivity index (χ0) is 17.1. The zero-order valence-electron chi connectivity index (χ0n) is 12.6. The normalized spacial score (nSPS) is 14.5. The van der Waals surface area contributed by atoms with Crippen molar-refractivity contribution in [2.24, 2.45) is 4.99 Å². The quantitative estimate of drug-likeness (QED) is 0.674. The van der Waals surface area contributed by atoms with Crippen LogP contribution >= 0.6 is 0 Å². The molecule has 2 rings (SSSR count). The van der Waals surface area contributed by atoms with Crippen LogP contribution < -0.4 is 0 Å². The highest BCUT2D eigenvalue weighted by Crippen LogP contribution is 2.30. The molecule has 0 bridgehead atoms. The van der Waals surface area contributed by atoms with Gasteiger partial charge in [-0.3, -0.25) is 24.8 Å². The Balaban J connectivity index is 2.71. The highest BCUT2D eigenvalue weighted by molar-refractivity contribution is 6.24. The lowest BCUT2D eigenvalue weighted by molar-refractivity contribution is -0.384. The molecular weight excluding hydrogens is 302 g/mol. The summed E-state index contributed by atoms with van der Waals surface area (Å²) in [6.07, 6.45) is 0.167. The molecule has 23 heavy (non-hydrogen) atoms. The lowest BCUT2D eigenvalue weighted by Gasteiger charge is -2.29. The van der Waals surface area contributed by atoms with E-state index in [0.29, 0.717) is 5.56 Å². The van der Waals surface area contributed by atoms with E-state index in [1.54, 1.807) is 13.0 Å². The third-order valence-corrected chi connectivity index (χ3v) is 3.47. The van der Waals surface area contributed by atoms with Crippen LogP contribution in [0, 0.1) is 10.1 Å². The van der Waals surface area contributed by atoms with Crippen molar-refractivity contribution in [3.05, 3.63) is 45.5 Å². The summed E-state index contributed by atoms with van der Waals surface area (Å²) in [6.45, 7) is 3.18. The Kier molecular flexibility index (Phi) is 4.54. The number of nitrogens with zero attached hydrogens (tertiary/aromatic N) is 3. The SMILES string of the molecule is CCC(=O)N1CN=C(C)C(C(=O)O)=C1c1cccc([N+](=O)[O-])c1. The van der Waals surface area contributed by atoms with Gasteiger partial charge in [0.1, 0.15) is 12.2 Å². The molecule has 1 aliphatic rings. The summed E-state index contributed by atoms with van der Waals surface area (Å²) in [4.78, 5) is 39.5. The van der Waals surface area contributed by atoms with Crippen LogP contribution in [0.4, 0.5) is 5.69 Å². The van der Waals surface area contributed by atoms with E-state index in [4.69, 9.17) is 0 Å². The van der Waals surface area contributed by atoms with Crippen molar-refractivity contribution in [1.29, 1.82) is 0 Å². The average Bonchev–Trinajstić information content (AvgIpc) is 2.53. The molecule has 0 fully saturated rings. The molecule has 0 atom stereocenters. The first kappa shape index (κ1) is 16.3. The maximum atomic E-state index is 12.1. The van der Waals surface area contributed by atoms with Gasteiger partial charge in [-0.1, -0.05) is 19.1 Å². The van der Waals surface area contributed by atoms with Crippen molar-refractivity contribution in [3.63, 3.8) is 0 Å². The first-order valence-electron chi connectivity index (χ1n) is 6.91. The van der Waals surface area contributed by atoms with E-state index in [1.165, 1.54) is 30.0 Å². The number of nitro benzene ring substituents is 1. The van der Waals surface area contributed by atoms with E-state index in [1.807, 2.05) is 0 Å². The number of carboxylic acids is 1. The molecular formula is C15H15N3O5. The topological polar surface area (TPSA) is 113 Å². The predicted molar refractivity (Wildman–Crippen MR) is 82.8 cm³/mol. The molecule has 0 aromatic heterocycles. The minimum Gasteiger partial charge on any atom is -0.478 e. The number of amides is 1. The fourth-order valence-electron chi connectivity index (χ4n) is 2.35. The number of hydrogen-bond acceptors (Lipinski definition) is 5. The maximum absolute atomic E-state index is 12.1. The minimum absolute atomic E-state index is 0.00664. The Hall–Kier alpha value is -3.03. The second-order valence-electron chi connectivity index (χ2n) is 4.90. The van der Waals surface area contributed by atoms with Gasteiger partial charge >= 0.3 is 5.97 Å². The molecule has 0 saturated carbocycles. The van der Waals surface area contributed by atoms with Gasteiger partial charge in [-0.15, -0.1) is 0 Å². The Bertz CT molecular complexity index is 751. The highest BCUT2D eigenvalue weighted by atomic mass is 16.6. The van der Waals surface area contributed by atoms with Gasteiger partial charge in [0.15, 0.2) is 0 Å². The van der Waals surface area contributed by atoms with E-state index >= 15 is 0 Å². The third-order valence-electron chi connectivity index (χ3n) is 3.47. The van der Waals surface area contributed by atoms with Gasteiger partial charge in [0.25, 0.3) is 5.69 Å². The first-order chi connectivity index (χ1) is 10.9. The molecule has 120 valence electrons. The summed E-state index contributed by atoms with van der Waals surface area (Å²) >= 11 is 0. The van der Waals surface area contributed by atoms with Gasteiger partial charge in [-0.05, 0) is 6.92 Å². The summed E-state index contributed by atoms with van der Waals surface area (Å²) in [6, 6.07) is 5.56. The zero-order valence-corrected chi connectivity index (χ0v) is 12.6. The number of aliphatic carboxylic acids is 1. The van der Waals surface area contributed by atoms with Crippen molar-refractivity contribution in [3.8, 4) is 0 Å². The number of nitro groups is 1. The van der Waals surface area contributed by atoms with Crippen molar-refractivity contribution in [2.75, 3.05) is 6.67 Å². The molecule has 1 aliphatic heterocycles. The molecule has 0 radical (unpaired) electrons. The van der Waals surface area contributed by atoms with E-state index in [0.717, 1.165) is 0 Å². The fourth-order valence-corrected chi connectivity index (χ4v) is 2.35. The minimum atomic E-state index is -1.23. The number of non-ortho nitro benzene ring substituents is 1.